The Kier molecular flexibility index (Phi) is 7.00. The number of ether oxygens (including phenoxy) is 2. The predicted molar refractivity (Wildman–Crippen MR) is 135 cm³/mol. The Morgan fingerprint density at radius 1 is 1.06 bits per heavy atom. The van der Waals surface area contributed by atoms with Gasteiger partial charge in [0.1, 0.15) is 0 Å². The predicted octanol–water partition coefficient (Wildman–Crippen LogP) is 3.66. The van der Waals surface area contributed by atoms with E-state index in [0.717, 1.165) is 22.5 Å². The number of hydrogen-bond acceptors (Lipinski definition) is 5. The van der Waals surface area contributed by atoms with Crippen LogP contribution in [0.5, 0.6) is 0 Å². The quantitative estimate of drug-likeness (QED) is 0.530. The van der Waals surface area contributed by atoms with Gasteiger partial charge < -0.3 is 19.7 Å². The molecule has 1 saturated heterocycles. The van der Waals surface area contributed by atoms with Gasteiger partial charge in [0.25, 0.3) is 5.91 Å². The molecule has 0 spiro atoms. The summed E-state index contributed by atoms with van der Waals surface area (Å²) in [5, 5.41) is 3.82. The SMILES string of the molecule is COC(=O)c1ccccc1C1NC(=S)N(c2cc(C)cc(C)c2)C(C)=C1C(=O)N1CCOCC1. The molecule has 2 aliphatic rings. The number of anilines is 1. The molecule has 1 atom stereocenters. The number of esters is 1. The number of carbonyl (C=O) groups excluding carboxylic acids is 2. The van der Waals surface area contributed by atoms with Crippen LogP contribution in [0.2, 0.25) is 0 Å². The van der Waals surface area contributed by atoms with E-state index in [1.54, 1.807) is 17.0 Å². The van der Waals surface area contributed by atoms with Gasteiger partial charge in [-0.3, -0.25) is 9.69 Å². The first-order valence-corrected chi connectivity index (χ1v) is 11.7. The Morgan fingerprint density at radius 2 is 1.71 bits per heavy atom. The maximum atomic E-state index is 13.9. The lowest BCUT2D eigenvalue weighted by molar-refractivity contribution is -0.131. The van der Waals surface area contributed by atoms with Crippen molar-refractivity contribution in [3.05, 3.63) is 76.0 Å². The first-order chi connectivity index (χ1) is 16.3. The van der Waals surface area contributed by atoms with Crippen LogP contribution in [0, 0.1) is 13.8 Å². The summed E-state index contributed by atoms with van der Waals surface area (Å²) in [6.45, 7) is 7.98. The highest BCUT2D eigenvalue weighted by Gasteiger charge is 2.38. The molecular weight excluding hydrogens is 450 g/mol. The number of nitrogens with one attached hydrogen (secondary N) is 1. The van der Waals surface area contributed by atoms with Crippen molar-refractivity contribution in [2.45, 2.75) is 26.8 Å². The first kappa shape index (κ1) is 23.9. The lowest BCUT2D eigenvalue weighted by Crippen LogP contribution is -2.51. The molecule has 1 fully saturated rings. The third kappa shape index (κ3) is 4.56. The fourth-order valence-electron chi connectivity index (χ4n) is 4.63. The molecule has 0 aromatic heterocycles. The average molecular weight is 480 g/mol. The zero-order chi connectivity index (χ0) is 24.4. The van der Waals surface area contributed by atoms with Crippen molar-refractivity contribution in [1.82, 2.24) is 10.2 Å². The lowest BCUT2D eigenvalue weighted by Gasteiger charge is -2.40. The van der Waals surface area contributed by atoms with Gasteiger partial charge in [-0.15, -0.1) is 0 Å². The van der Waals surface area contributed by atoms with Crippen LogP contribution in [0.1, 0.15) is 40.0 Å². The molecule has 0 bridgehead atoms. The molecule has 2 aromatic carbocycles. The van der Waals surface area contributed by atoms with E-state index in [1.807, 2.05) is 49.9 Å². The number of aryl methyl sites for hydroxylation is 2. The van der Waals surface area contributed by atoms with Crippen LogP contribution in [0.3, 0.4) is 0 Å². The zero-order valence-corrected chi connectivity index (χ0v) is 20.7. The summed E-state index contributed by atoms with van der Waals surface area (Å²) in [5.74, 6) is -0.564. The smallest absolute Gasteiger partial charge is 0.338 e. The van der Waals surface area contributed by atoms with Crippen molar-refractivity contribution in [3.8, 4) is 0 Å². The number of amides is 1. The Bertz CT molecular complexity index is 1150. The number of thiocarbonyl (C=S) groups is 1. The average Bonchev–Trinajstić information content (AvgIpc) is 2.83. The van der Waals surface area contributed by atoms with Gasteiger partial charge in [-0.2, -0.15) is 0 Å². The summed E-state index contributed by atoms with van der Waals surface area (Å²) >= 11 is 5.80. The van der Waals surface area contributed by atoms with E-state index in [9.17, 15) is 9.59 Å². The molecule has 1 N–H and O–H groups in total. The summed E-state index contributed by atoms with van der Waals surface area (Å²) in [6, 6.07) is 12.7. The maximum Gasteiger partial charge on any atom is 0.338 e. The maximum absolute atomic E-state index is 13.9. The van der Waals surface area contributed by atoms with Gasteiger partial charge in [0.05, 0.1) is 37.5 Å². The number of nitrogens with zero attached hydrogens (tertiary/aromatic N) is 2. The lowest BCUT2D eigenvalue weighted by atomic mass is 9.90. The highest BCUT2D eigenvalue weighted by Crippen LogP contribution is 2.36. The van der Waals surface area contributed by atoms with Crippen molar-refractivity contribution in [3.63, 3.8) is 0 Å². The highest BCUT2D eigenvalue weighted by molar-refractivity contribution is 7.80. The molecule has 0 saturated carbocycles. The van der Waals surface area contributed by atoms with Gasteiger partial charge in [-0.1, -0.05) is 24.3 Å². The molecule has 0 aliphatic carbocycles. The molecule has 34 heavy (non-hydrogen) atoms. The second kappa shape index (κ2) is 9.95. The van der Waals surface area contributed by atoms with Gasteiger partial charge in [0.15, 0.2) is 5.11 Å². The molecule has 2 aliphatic heterocycles. The van der Waals surface area contributed by atoms with E-state index in [2.05, 4.69) is 11.4 Å². The minimum atomic E-state index is -0.597. The molecule has 7 nitrogen and oxygen atoms in total. The number of carbonyl (C=O) groups is 2. The summed E-state index contributed by atoms with van der Waals surface area (Å²) in [5.41, 5.74) is 5.41. The normalized spacial score (nSPS) is 18.6. The number of allylic oxidation sites excluding steroid dienone is 1. The van der Waals surface area contributed by atoms with Crippen LogP contribution in [-0.2, 0) is 14.3 Å². The Balaban J connectivity index is 1.89. The van der Waals surface area contributed by atoms with Crippen molar-refractivity contribution >= 4 is 34.9 Å². The van der Waals surface area contributed by atoms with Crippen LogP contribution >= 0.6 is 12.2 Å². The second-order valence-corrected chi connectivity index (χ2v) is 8.93. The summed E-state index contributed by atoms with van der Waals surface area (Å²) in [6.07, 6.45) is 0. The fraction of sp³-hybridized carbons (Fsp3) is 0.346. The van der Waals surface area contributed by atoms with E-state index in [4.69, 9.17) is 21.7 Å². The van der Waals surface area contributed by atoms with Crippen LogP contribution in [-0.4, -0.2) is 55.3 Å². The summed E-state index contributed by atoms with van der Waals surface area (Å²) < 4.78 is 10.5. The molecule has 2 aromatic rings. The van der Waals surface area contributed by atoms with E-state index in [1.165, 1.54) is 7.11 Å². The van der Waals surface area contributed by atoms with Gasteiger partial charge in [-0.25, -0.2) is 4.79 Å². The van der Waals surface area contributed by atoms with Crippen molar-refractivity contribution in [2.75, 3.05) is 38.3 Å². The van der Waals surface area contributed by atoms with E-state index >= 15 is 0 Å². The minimum absolute atomic E-state index is 0.102. The molecule has 0 radical (unpaired) electrons. The Hall–Kier alpha value is -3.23. The second-order valence-electron chi connectivity index (χ2n) is 8.55. The molecular formula is C26H29N3O4S. The van der Waals surface area contributed by atoms with Crippen molar-refractivity contribution in [1.29, 1.82) is 0 Å². The van der Waals surface area contributed by atoms with E-state index in [-0.39, 0.29) is 5.91 Å². The fourth-order valence-corrected chi connectivity index (χ4v) is 4.99. The zero-order valence-electron chi connectivity index (χ0n) is 19.9. The van der Waals surface area contributed by atoms with Gasteiger partial charge in [0, 0.05) is 24.5 Å². The van der Waals surface area contributed by atoms with Crippen LogP contribution < -0.4 is 10.2 Å². The Morgan fingerprint density at radius 3 is 2.35 bits per heavy atom. The molecule has 1 unspecified atom stereocenters. The summed E-state index contributed by atoms with van der Waals surface area (Å²) in [4.78, 5) is 30.2. The van der Waals surface area contributed by atoms with E-state index in [0.29, 0.717) is 48.1 Å². The van der Waals surface area contributed by atoms with E-state index < -0.39 is 12.0 Å². The molecule has 2 heterocycles. The van der Waals surface area contributed by atoms with Crippen LogP contribution in [0.15, 0.2) is 53.7 Å². The molecule has 178 valence electrons. The Labute approximate surface area is 205 Å². The first-order valence-electron chi connectivity index (χ1n) is 11.3. The van der Waals surface area contributed by atoms with Crippen LogP contribution in [0.25, 0.3) is 0 Å². The number of morpholine rings is 1. The number of benzene rings is 2. The highest BCUT2D eigenvalue weighted by atomic mass is 32.1. The number of hydrogen-bond donors (Lipinski definition) is 1. The van der Waals surface area contributed by atoms with Crippen LogP contribution in [0.4, 0.5) is 5.69 Å². The van der Waals surface area contributed by atoms with Crippen molar-refractivity contribution in [2.24, 2.45) is 0 Å². The monoisotopic (exact) mass is 479 g/mol. The van der Waals surface area contributed by atoms with Crippen molar-refractivity contribution < 1.29 is 19.1 Å². The largest absolute Gasteiger partial charge is 0.465 e. The number of rotatable bonds is 4. The summed E-state index contributed by atoms with van der Waals surface area (Å²) in [7, 11) is 1.35. The third-order valence-electron chi connectivity index (χ3n) is 6.16. The topological polar surface area (TPSA) is 71.1 Å². The van der Waals surface area contributed by atoms with Gasteiger partial charge in [0.2, 0.25) is 0 Å². The van der Waals surface area contributed by atoms with Gasteiger partial charge >= 0.3 is 5.97 Å². The standard InChI is InChI=1S/C26H29N3O4S/c1-16-13-17(2)15-19(14-16)29-18(3)22(24(30)28-9-11-33-12-10-28)23(27-26(29)34)20-7-5-6-8-21(20)25(31)32-4/h5-8,13-15,23H,9-12H2,1-4H3,(H,27,34). The third-order valence-corrected chi connectivity index (χ3v) is 6.46. The molecule has 1 amide bonds. The molecule has 8 heteroatoms. The molecule has 4 rings (SSSR count). The minimum Gasteiger partial charge on any atom is -0.465 e. The number of methoxy groups -OCH3 is 1. The van der Waals surface area contributed by atoms with Gasteiger partial charge in [-0.05, 0) is 67.9 Å².